The number of carboxylic acid groups (broad SMARTS) is 1. The molecule has 0 saturated carbocycles. The van der Waals surface area contributed by atoms with Gasteiger partial charge in [0.05, 0.1) is 27.6 Å². The Morgan fingerprint density at radius 1 is 1.14 bits per heavy atom. The van der Waals surface area contributed by atoms with Gasteiger partial charge in [-0.2, -0.15) is 0 Å². The zero-order valence-electron chi connectivity index (χ0n) is 19.7. The Morgan fingerprint density at radius 3 is 2.31 bits per heavy atom. The van der Waals surface area contributed by atoms with Crippen LogP contribution in [0.15, 0.2) is 42.5 Å². The molecule has 3 amide bonds. The summed E-state index contributed by atoms with van der Waals surface area (Å²) in [5, 5.41) is 15.4. The van der Waals surface area contributed by atoms with Crippen LogP contribution >= 0.6 is 35.0 Å². The number of ether oxygens (including phenoxy) is 1. The Balaban J connectivity index is 1.70. The number of rotatable bonds is 7. The summed E-state index contributed by atoms with van der Waals surface area (Å²) in [6.07, 6.45) is -1.12. The molecule has 1 saturated heterocycles. The highest BCUT2D eigenvalue weighted by Gasteiger charge is 2.47. The first-order chi connectivity index (χ1) is 16.9. The van der Waals surface area contributed by atoms with Gasteiger partial charge < -0.3 is 20.5 Å². The van der Waals surface area contributed by atoms with Crippen LogP contribution in [0.3, 0.4) is 0 Å². The predicted octanol–water partition coefficient (Wildman–Crippen LogP) is 4.28. The molecular formula is C24H25Cl2N3O6S. The minimum Gasteiger partial charge on any atom is -0.467 e. The van der Waals surface area contributed by atoms with Gasteiger partial charge in [-0.15, -0.1) is 11.8 Å². The monoisotopic (exact) mass is 553 g/mol. The van der Waals surface area contributed by atoms with E-state index in [9.17, 15) is 24.3 Å². The van der Waals surface area contributed by atoms with E-state index in [1.807, 2.05) is 0 Å². The molecule has 0 radical (unpaired) electrons. The van der Waals surface area contributed by atoms with Crippen molar-refractivity contribution >= 4 is 64.5 Å². The van der Waals surface area contributed by atoms with Crippen molar-refractivity contribution in [2.75, 3.05) is 18.2 Å². The molecule has 3 rings (SSSR count). The van der Waals surface area contributed by atoms with Gasteiger partial charge in [0.1, 0.15) is 12.1 Å². The standard InChI is InChI=1S/C24H25Cl2N3O6S/c1-24(2)29(23(33)34)18(12-36-24)20(30)28-17(22(32)35-3)11-13-7-9-14(10-8-13)27-21(31)19-15(25)5-4-6-16(19)26/h4-10,17-18H,11-12H2,1-3H3,(H,27,31)(H,28,30)(H,33,34)/t17-,18-/m0/s1. The van der Waals surface area contributed by atoms with Gasteiger partial charge in [-0.1, -0.05) is 41.4 Å². The Labute approximate surface area is 222 Å². The summed E-state index contributed by atoms with van der Waals surface area (Å²) in [7, 11) is 1.21. The summed E-state index contributed by atoms with van der Waals surface area (Å²) < 4.78 is 4.84. The Hall–Kier alpha value is -2.95. The number of nitrogens with zero attached hydrogens (tertiary/aromatic N) is 1. The summed E-state index contributed by atoms with van der Waals surface area (Å²) in [5.74, 6) is -1.45. The lowest BCUT2D eigenvalue weighted by Gasteiger charge is -2.31. The molecule has 1 heterocycles. The summed E-state index contributed by atoms with van der Waals surface area (Å²) in [4.78, 5) is 49.9. The molecule has 1 aliphatic rings. The summed E-state index contributed by atoms with van der Waals surface area (Å²) in [6, 6.07) is 9.43. The first-order valence-electron chi connectivity index (χ1n) is 10.8. The molecule has 1 aliphatic heterocycles. The van der Waals surface area contributed by atoms with Gasteiger partial charge in [0.15, 0.2) is 0 Å². The van der Waals surface area contributed by atoms with E-state index >= 15 is 0 Å². The lowest BCUT2D eigenvalue weighted by Crippen LogP contribution is -2.55. The molecule has 2 aromatic rings. The van der Waals surface area contributed by atoms with Crippen LogP contribution in [0.2, 0.25) is 10.0 Å². The summed E-state index contributed by atoms with van der Waals surface area (Å²) in [5.41, 5.74) is 1.30. The first-order valence-corrected chi connectivity index (χ1v) is 12.6. The van der Waals surface area contributed by atoms with Crippen molar-refractivity contribution in [1.29, 1.82) is 0 Å². The number of esters is 1. The highest BCUT2D eigenvalue weighted by molar-refractivity contribution is 8.00. The van der Waals surface area contributed by atoms with Crippen LogP contribution in [0.1, 0.15) is 29.8 Å². The number of nitrogens with one attached hydrogen (secondary N) is 2. The zero-order chi connectivity index (χ0) is 26.6. The second-order valence-electron chi connectivity index (χ2n) is 8.46. The quantitative estimate of drug-likeness (QED) is 0.437. The molecule has 3 N–H and O–H groups in total. The number of amides is 3. The molecule has 2 aromatic carbocycles. The van der Waals surface area contributed by atoms with Crippen molar-refractivity contribution in [2.24, 2.45) is 0 Å². The number of carbonyl (C=O) groups excluding carboxylic acids is 3. The average molecular weight is 554 g/mol. The molecule has 36 heavy (non-hydrogen) atoms. The van der Waals surface area contributed by atoms with Crippen LogP contribution in [-0.2, 0) is 20.7 Å². The van der Waals surface area contributed by atoms with Gasteiger partial charge in [0, 0.05) is 17.9 Å². The third-order valence-electron chi connectivity index (χ3n) is 5.64. The van der Waals surface area contributed by atoms with E-state index in [-0.39, 0.29) is 27.8 Å². The highest BCUT2D eigenvalue weighted by Crippen LogP contribution is 2.39. The van der Waals surface area contributed by atoms with E-state index < -0.39 is 40.8 Å². The number of carbonyl (C=O) groups is 4. The third kappa shape index (κ3) is 6.24. The van der Waals surface area contributed by atoms with Crippen molar-refractivity contribution in [3.05, 3.63) is 63.6 Å². The SMILES string of the molecule is COC(=O)[C@H](Cc1ccc(NC(=O)c2c(Cl)cccc2Cl)cc1)NC(=O)[C@@H]1CSC(C)(C)N1C(=O)O. The third-order valence-corrected chi connectivity index (χ3v) is 7.65. The maximum absolute atomic E-state index is 12.9. The molecule has 1 fully saturated rings. The fraction of sp³-hybridized carbons (Fsp3) is 0.333. The summed E-state index contributed by atoms with van der Waals surface area (Å²) in [6.45, 7) is 3.44. The van der Waals surface area contributed by atoms with Crippen LogP contribution in [0.5, 0.6) is 0 Å². The van der Waals surface area contributed by atoms with E-state index in [1.165, 1.54) is 18.9 Å². The van der Waals surface area contributed by atoms with Crippen LogP contribution in [-0.4, -0.2) is 63.7 Å². The maximum atomic E-state index is 12.9. The molecule has 0 spiro atoms. The van der Waals surface area contributed by atoms with E-state index in [4.69, 9.17) is 27.9 Å². The Morgan fingerprint density at radius 2 is 1.75 bits per heavy atom. The zero-order valence-corrected chi connectivity index (χ0v) is 22.0. The van der Waals surface area contributed by atoms with Crippen LogP contribution < -0.4 is 10.6 Å². The Kier molecular flexibility index (Phi) is 8.76. The normalized spacial score (nSPS) is 17.2. The second kappa shape index (κ2) is 11.4. The Bertz CT molecular complexity index is 1150. The minimum atomic E-state index is -1.21. The topological polar surface area (TPSA) is 125 Å². The molecule has 2 atom stereocenters. The predicted molar refractivity (Wildman–Crippen MR) is 139 cm³/mol. The van der Waals surface area contributed by atoms with Gasteiger partial charge in [0.2, 0.25) is 5.91 Å². The van der Waals surface area contributed by atoms with E-state index in [0.29, 0.717) is 11.3 Å². The minimum absolute atomic E-state index is 0.0965. The van der Waals surface area contributed by atoms with Crippen molar-refractivity contribution in [3.63, 3.8) is 0 Å². The van der Waals surface area contributed by atoms with E-state index in [1.54, 1.807) is 56.3 Å². The second-order valence-corrected chi connectivity index (χ2v) is 10.9. The van der Waals surface area contributed by atoms with Crippen LogP contribution in [0, 0.1) is 0 Å². The van der Waals surface area contributed by atoms with E-state index in [0.717, 1.165) is 4.90 Å². The van der Waals surface area contributed by atoms with Crippen LogP contribution in [0.4, 0.5) is 10.5 Å². The lowest BCUT2D eigenvalue weighted by molar-refractivity contribution is -0.145. The molecule has 0 unspecified atom stereocenters. The number of halogens is 2. The van der Waals surface area contributed by atoms with Gasteiger partial charge in [0.25, 0.3) is 5.91 Å². The van der Waals surface area contributed by atoms with Crippen molar-refractivity contribution < 1.29 is 29.0 Å². The number of hydrogen-bond acceptors (Lipinski definition) is 6. The van der Waals surface area contributed by atoms with Gasteiger partial charge in [-0.05, 0) is 43.7 Å². The molecule has 192 valence electrons. The van der Waals surface area contributed by atoms with Crippen LogP contribution in [0.25, 0.3) is 0 Å². The van der Waals surface area contributed by atoms with Crippen molar-refractivity contribution in [2.45, 2.75) is 37.2 Å². The molecular weight excluding hydrogens is 529 g/mol. The maximum Gasteiger partial charge on any atom is 0.409 e. The lowest BCUT2D eigenvalue weighted by atomic mass is 10.0. The number of thioether (sulfide) groups is 1. The fourth-order valence-electron chi connectivity index (χ4n) is 3.83. The molecule has 0 bridgehead atoms. The van der Waals surface area contributed by atoms with Crippen molar-refractivity contribution in [3.8, 4) is 0 Å². The largest absolute Gasteiger partial charge is 0.467 e. The fourth-order valence-corrected chi connectivity index (χ4v) is 5.61. The first kappa shape index (κ1) is 27.6. The van der Waals surface area contributed by atoms with Crippen molar-refractivity contribution in [1.82, 2.24) is 10.2 Å². The highest BCUT2D eigenvalue weighted by atomic mass is 35.5. The van der Waals surface area contributed by atoms with E-state index in [2.05, 4.69) is 10.6 Å². The average Bonchev–Trinajstić information content (AvgIpc) is 3.14. The van der Waals surface area contributed by atoms with Gasteiger partial charge in [-0.25, -0.2) is 9.59 Å². The molecule has 0 aromatic heterocycles. The molecule has 12 heteroatoms. The molecule has 0 aliphatic carbocycles. The summed E-state index contributed by atoms with van der Waals surface area (Å²) >= 11 is 13.5. The number of methoxy groups -OCH3 is 1. The van der Waals surface area contributed by atoms with Gasteiger partial charge >= 0.3 is 12.1 Å². The number of benzene rings is 2. The number of hydrogen-bond donors (Lipinski definition) is 3. The molecule has 9 nitrogen and oxygen atoms in total. The number of anilines is 1. The smallest absolute Gasteiger partial charge is 0.409 e. The van der Waals surface area contributed by atoms with Gasteiger partial charge in [-0.3, -0.25) is 14.5 Å².